The summed E-state index contributed by atoms with van der Waals surface area (Å²) in [5, 5.41) is 1.95. The molecule has 0 aliphatic heterocycles. The molecule has 1 aromatic heterocycles. The van der Waals surface area contributed by atoms with Crippen LogP contribution in [0.5, 0.6) is 0 Å². The minimum absolute atomic E-state index is 0.148. The molecule has 0 amide bonds. The third kappa shape index (κ3) is 3.06. The normalized spacial score (nSPS) is 12.7. The number of aromatic nitrogens is 1. The van der Waals surface area contributed by atoms with Crippen molar-refractivity contribution in [2.45, 2.75) is 29.1 Å². The summed E-state index contributed by atoms with van der Waals surface area (Å²) in [6.45, 7) is 3.77. The number of nitrogens with zero attached hydrogens (tertiary/aromatic N) is 1. The second-order valence-corrected chi connectivity index (χ2v) is 5.98. The average Bonchev–Trinajstić information content (AvgIpc) is 2.67. The summed E-state index contributed by atoms with van der Waals surface area (Å²) in [4.78, 5) is 4.88. The highest BCUT2D eigenvalue weighted by Gasteiger charge is 2.09. The number of thiazole rings is 1. The maximum Gasteiger partial charge on any atom is 0.154 e. The molecular weight excluding hydrogens is 255 g/mol. The van der Waals surface area contributed by atoms with E-state index in [-0.39, 0.29) is 11.9 Å². The molecule has 2 nitrogen and oxygen atoms in total. The lowest BCUT2D eigenvalue weighted by molar-refractivity contribution is 0.596. The van der Waals surface area contributed by atoms with Crippen LogP contribution in [-0.4, -0.2) is 4.98 Å². The molecule has 0 saturated carbocycles. The quantitative estimate of drug-likeness (QED) is 0.921. The molecule has 0 fully saturated rings. The van der Waals surface area contributed by atoms with Gasteiger partial charge in [-0.1, -0.05) is 17.8 Å². The van der Waals surface area contributed by atoms with Crippen molar-refractivity contribution in [2.24, 2.45) is 5.73 Å². The number of nitrogens with two attached hydrogens (primary N) is 1. The van der Waals surface area contributed by atoms with Crippen LogP contribution in [0.3, 0.4) is 0 Å². The first-order chi connectivity index (χ1) is 8.06. The van der Waals surface area contributed by atoms with E-state index in [9.17, 15) is 4.39 Å². The summed E-state index contributed by atoms with van der Waals surface area (Å²) in [6.07, 6.45) is 0. The van der Waals surface area contributed by atoms with Gasteiger partial charge >= 0.3 is 0 Å². The van der Waals surface area contributed by atoms with E-state index < -0.39 is 0 Å². The zero-order valence-corrected chi connectivity index (χ0v) is 11.2. The van der Waals surface area contributed by atoms with Gasteiger partial charge in [0.1, 0.15) is 5.82 Å². The number of aryl methyl sites for hydroxylation is 1. The lowest BCUT2D eigenvalue weighted by atomic mass is 10.1. The Balaban J connectivity index is 2.22. The smallest absolute Gasteiger partial charge is 0.154 e. The third-order valence-corrected chi connectivity index (χ3v) is 4.38. The monoisotopic (exact) mass is 268 g/mol. The van der Waals surface area contributed by atoms with Gasteiger partial charge in [0, 0.05) is 17.1 Å². The molecule has 0 radical (unpaired) electrons. The maximum atomic E-state index is 13.8. The molecule has 0 unspecified atom stereocenters. The summed E-state index contributed by atoms with van der Waals surface area (Å²) < 4.78 is 14.7. The average molecular weight is 268 g/mol. The molecule has 0 spiro atoms. The van der Waals surface area contributed by atoms with Crippen molar-refractivity contribution in [2.75, 3.05) is 0 Å². The predicted octanol–water partition coefficient (Wildman–Crippen LogP) is 3.76. The van der Waals surface area contributed by atoms with Gasteiger partial charge < -0.3 is 5.73 Å². The fourth-order valence-electron chi connectivity index (χ4n) is 1.36. The highest BCUT2D eigenvalue weighted by Crippen LogP contribution is 2.32. The molecular formula is C12H13FN2S2. The highest BCUT2D eigenvalue weighted by atomic mass is 32.2. The van der Waals surface area contributed by atoms with E-state index in [0.29, 0.717) is 4.90 Å². The Labute approximate surface area is 108 Å². The number of rotatable bonds is 3. The minimum atomic E-state index is -0.238. The van der Waals surface area contributed by atoms with E-state index in [2.05, 4.69) is 4.98 Å². The van der Waals surface area contributed by atoms with E-state index in [1.54, 1.807) is 6.07 Å². The Kier molecular flexibility index (Phi) is 3.81. The maximum absolute atomic E-state index is 13.8. The van der Waals surface area contributed by atoms with Gasteiger partial charge in [-0.15, -0.1) is 11.3 Å². The summed E-state index contributed by atoms with van der Waals surface area (Å²) in [5.41, 5.74) is 7.48. The number of benzene rings is 1. The fourth-order valence-corrected chi connectivity index (χ4v) is 3.15. The van der Waals surface area contributed by atoms with Crippen LogP contribution in [0, 0.1) is 12.7 Å². The molecule has 0 aliphatic rings. The summed E-state index contributed by atoms with van der Waals surface area (Å²) in [6, 6.07) is 4.96. The van der Waals surface area contributed by atoms with Crippen LogP contribution in [0.15, 0.2) is 32.8 Å². The fraction of sp³-hybridized carbons (Fsp3) is 0.250. The molecule has 1 atom stereocenters. The molecule has 2 rings (SSSR count). The summed E-state index contributed by atoms with van der Waals surface area (Å²) >= 11 is 2.87. The molecule has 1 heterocycles. The standard InChI is InChI=1S/C12H13FN2S2/c1-7-6-16-12(15-7)17-11-4-3-9(8(2)14)5-10(11)13/h3-6,8H,14H2,1-2H3/t8-/m0/s1. The summed E-state index contributed by atoms with van der Waals surface area (Å²) in [5.74, 6) is -0.238. The molecule has 0 saturated heterocycles. The molecule has 17 heavy (non-hydrogen) atoms. The van der Waals surface area contributed by atoms with E-state index in [4.69, 9.17) is 5.73 Å². The zero-order valence-electron chi connectivity index (χ0n) is 9.61. The summed E-state index contributed by atoms with van der Waals surface area (Å²) in [7, 11) is 0. The Hall–Kier alpha value is -0.910. The van der Waals surface area contributed by atoms with Gasteiger partial charge in [-0.25, -0.2) is 9.37 Å². The van der Waals surface area contributed by atoms with Gasteiger partial charge in [-0.2, -0.15) is 0 Å². The van der Waals surface area contributed by atoms with Gasteiger partial charge in [-0.05, 0) is 31.5 Å². The van der Waals surface area contributed by atoms with Gasteiger partial charge in [0.05, 0.1) is 4.90 Å². The van der Waals surface area contributed by atoms with Gasteiger partial charge in [0.25, 0.3) is 0 Å². The number of hydrogen-bond acceptors (Lipinski definition) is 4. The zero-order chi connectivity index (χ0) is 12.4. The van der Waals surface area contributed by atoms with E-state index in [0.717, 1.165) is 15.6 Å². The first kappa shape index (κ1) is 12.5. The van der Waals surface area contributed by atoms with Crippen molar-refractivity contribution in [3.63, 3.8) is 0 Å². The lowest BCUT2D eigenvalue weighted by Gasteiger charge is -2.07. The van der Waals surface area contributed by atoms with Crippen LogP contribution < -0.4 is 5.73 Å². The molecule has 2 aromatic rings. The van der Waals surface area contributed by atoms with Crippen LogP contribution in [0.1, 0.15) is 24.2 Å². The van der Waals surface area contributed by atoms with E-state index >= 15 is 0 Å². The molecule has 1 aromatic carbocycles. The van der Waals surface area contributed by atoms with Crippen LogP contribution in [0.2, 0.25) is 0 Å². The van der Waals surface area contributed by atoms with Crippen molar-refractivity contribution in [1.29, 1.82) is 0 Å². The van der Waals surface area contributed by atoms with Crippen molar-refractivity contribution in [3.8, 4) is 0 Å². The van der Waals surface area contributed by atoms with Crippen LogP contribution in [0.25, 0.3) is 0 Å². The topological polar surface area (TPSA) is 38.9 Å². The Morgan fingerprint density at radius 2 is 2.24 bits per heavy atom. The SMILES string of the molecule is Cc1csc(Sc2ccc([C@H](C)N)cc2F)n1. The van der Waals surface area contributed by atoms with E-state index in [1.165, 1.54) is 29.2 Å². The second kappa shape index (κ2) is 5.16. The molecule has 90 valence electrons. The van der Waals surface area contributed by atoms with Crippen molar-refractivity contribution >= 4 is 23.1 Å². The number of halogens is 1. The lowest BCUT2D eigenvalue weighted by Crippen LogP contribution is -2.05. The van der Waals surface area contributed by atoms with Gasteiger partial charge in [0.15, 0.2) is 4.34 Å². The molecule has 5 heteroatoms. The first-order valence-corrected chi connectivity index (χ1v) is 6.91. The van der Waals surface area contributed by atoms with Crippen LogP contribution in [-0.2, 0) is 0 Å². The Morgan fingerprint density at radius 1 is 1.47 bits per heavy atom. The van der Waals surface area contributed by atoms with Gasteiger partial charge in [-0.3, -0.25) is 0 Å². The van der Waals surface area contributed by atoms with Crippen molar-refractivity contribution in [1.82, 2.24) is 4.98 Å². The van der Waals surface area contributed by atoms with Gasteiger partial charge in [0.2, 0.25) is 0 Å². The molecule has 0 bridgehead atoms. The Bertz CT molecular complexity index is 523. The second-order valence-electron chi connectivity index (χ2n) is 3.84. The Morgan fingerprint density at radius 3 is 2.76 bits per heavy atom. The number of hydrogen-bond donors (Lipinski definition) is 1. The van der Waals surface area contributed by atoms with Crippen molar-refractivity contribution < 1.29 is 4.39 Å². The predicted molar refractivity (Wildman–Crippen MR) is 70.0 cm³/mol. The largest absolute Gasteiger partial charge is 0.324 e. The first-order valence-electron chi connectivity index (χ1n) is 5.21. The van der Waals surface area contributed by atoms with Crippen LogP contribution >= 0.6 is 23.1 Å². The highest BCUT2D eigenvalue weighted by molar-refractivity contribution is 8.01. The molecule has 0 aliphatic carbocycles. The van der Waals surface area contributed by atoms with Crippen molar-refractivity contribution in [3.05, 3.63) is 40.7 Å². The minimum Gasteiger partial charge on any atom is -0.324 e. The van der Waals surface area contributed by atoms with Crippen LogP contribution in [0.4, 0.5) is 4.39 Å². The van der Waals surface area contributed by atoms with E-state index in [1.807, 2.05) is 25.3 Å². The molecule has 2 N–H and O–H groups in total. The third-order valence-electron chi connectivity index (χ3n) is 2.28.